The van der Waals surface area contributed by atoms with Crippen LogP contribution in [0, 0.1) is 5.92 Å². The number of aryl methyl sites for hydroxylation is 1. The summed E-state index contributed by atoms with van der Waals surface area (Å²) in [7, 11) is -1.52. The van der Waals surface area contributed by atoms with Gasteiger partial charge in [0.25, 0.3) is 0 Å². The van der Waals surface area contributed by atoms with Gasteiger partial charge in [-0.1, -0.05) is 36.8 Å². The van der Waals surface area contributed by atoms with E-state index in [1.165, 1.54) is 12.0 Å². The molecule has 0 radical (unpaired) electrons. The van der Waals surface area contributed by atoms with Crippen LogP contribution in [-0.4, -0.2) is 46.8 Å². The highest BCUT2D eigenvalue weighted by atomic mass is 127. The zero-order chi connectivity index (χ0) is 18.0. The van der Waals surface area contributed by atoms with Crippen molar-refractivity contribution in [3.05, 3.63) is 35.9 Å². The Balaban J connectivity index is 0.00000338. The number of nitrogens with zero attached hydrogens (tertiary/aromatic N) is 1. The summed E-state index contributed by atoms with van der Waals surface area (Å²) in [6.45, 7) is 1.72. The van der Waals surface area contributed by atoms with E-state index in [0.717, 1.165) is 32.2 Å². The summed E-state index contributed by atoms with van der Waals surface area (Å²) >= 11 is 0. The molecule has 0 amide bonds. The number of halogens is 1. The van der Waals surface area contributed by atoms with Gasteiger partial charge in [0.05, 0.1) is 5.75 Å². The molecule has 2 rings (SSSR count). The zero-order valence-electron chi connectivity index (χ0n) is 15.4. The Morgan fingerprint density at radius 1 is 1.15 bits per heavy atom. The number of rotatable bonds is 10. The van der Waals surface area contributed by atoms with Crippen molar-refractivity contribution in [2.45, 2.75) is 32.1 Å². The molecule has 0 atom stereocenters. The zero-order valence-corrected chi connectivity index (χ0v) is 18.6. The highest BCUT2D eigenvalue weighted by molar-refractivity contribution is 14.0. The fourth-order valence-corrected chi connectivity index (χ4v) is 3.69. The van der Waals surface area contributed by atoms with Crippen molar-refractivity contribution < 1.29 is 8.42 Å². The van der Waals surface area contributed by atoms with E-state index in [-0.39, 0.29) is 29.7 Å². The largest absolute Gasteiger partial charge is 0.356 e. The first-order valence-corrected chi connectivity index (χ1v) is 10.7. The van der Waals surface area contributed by atoms with Crippen molar-refractivity contribution in [3.63, 3.8) is 0 Å². The molecule has 1 aliphatic carbocycles. The smallest absolute Gasteiger partial charge is 0.213 e. The molecule has 0 aliphatic heterocycles. The minimum atomic E-state index is -3.21. The Morgan fingerprint density at radius 3 is 2.46 bits per heavy atom. The SMILES string of the molecule is CN=C(NCCCc1ccccc1)NCCS(=O)(=O)NCC1CCC1.I. The molecule has 0 heterocycles. The molecule has 148 valence electrons. The van der Waals surface area contributed by atoms with Crippen molar-refractivity contribution in [1.29, 1.82) is 0 Å². The van der Waals surface area contributed by atoms with E-state index in [4.69, 9.17) is 0 Å². The number of aliphatic imine (C=N–C) groups is 1. The summed E-state index contributed by atoms with van der Waals surface area (Å²) < 4.78 is 26.6. The molecule has 6 nitrogen and oxygen atoms in total. The van der Waals surface area contributed by atoms with Crippen molar-refractivity contribution in [2.24, 2.45) is 10.9 Å². The predicted molar refractivity (Wildman–Crippen MR) is 119 cm³/mol. The van der Waals surface area contributed by atoms with Gasteiger partial charge in [-0.05, 0) is 37.2 Å². The average molecular weight is 494 g/mol. The Hall–Kier alpha value is -0.870. The van der Waals surface area contributed by atoms with Crippen LogP contribution in [0.25, 0.3) is 0 Å². The lowest BCUT2D eigenvalue weighted by molar-refractivity contribution is 0.316. The predicted octanol–water partition coefficient (Wildman–Crippen LogP) is 2.12. The second-order valence-corrected chi connectivity index (χ2v) is 8.41. The maximum Gasteiger partial charge on any atom is 0.213 e. The van der Waals surface area contributed by atoms with Crippen LogP contribution in [0.2, 0.25) is 0 Å². The Labute approximate surface area is 174 Å². The molecule has 1 aliphatic rings. The summed E-state index contributed by atoms with van der Waals surface area (Å²) in [6, 6.07) is 10.3. The fraction of sp³-hybridized carbons (Fsp3) is 0.611. The van der Waals surface area contributed by atoms with E-state index >= 15 is 0 Å². The van der Waals surface area contributed by atoms with Crippen LogP contribution in [-0.2, 0) is 16.4 Å². The lowest BCUT2D eigenvalue weighted by Crippen LogP contribution is -2.42. The van der Waals surface area contributed by atoms with Gasteiger partial charge in [0, 0.05) is 26.7 Å². The van der Waals surface area contributed by atoms with Crippen molar-refractivity contribution in [3.8, 4) is 0 Å². The molecule has 26 heavy (non-hydrogen) atoms. The van der Waals surface area contributed by atoms with Gasteiger partial charge in [0.15, 0.2) is 5.96 Å². The minimum absolute atomic E-state index is 0. The summed E-state index contributed by atoms with van der Waals surface area (Å²) in [6.07, 6.45) is 5.50. The Kier molecular flexibility index (Phi) is 11.1. The molecule has 0 saturated heterocycles. The maximum absolute atomic E-state index is 12.0. The standard InChI is InChI=1S/C18H30N4O2S.HI/c1-19-18(20-12-6-11-16-7-3-2-4-8-16)21-13-14-25(23,24)22-15-17-9-5-10-17;/h2-4,7-8,17,22H,5-6,9-15H2,1H3,(H2,19,20,21);1H. The molecule has 1 fully saturated rings. The highest BCUT2D eigenvalue weighted by Gasteiger charge is 2.19. The van der Waals surface area contributed by atoms with Gasteiger partial charge in [-0.3, -0.25) is 4.99 Å². The summed E-state index contributed by atoms with van der Waals surface area (Å²) in [5.41, 5.74) is 1.32. The lowest BCUT2D eigenvalue weighted by atomic mass is 9.86. The number of hydrogen-bond acceptors (Lipinski definition) is 3. The molecule has 0 bridgehead atoms. The van der Waals surface area contributed by atoms with Crippen LogP contribution in [0.3, 0.4) is 0 Å². The minimum Gasteiger partial charge on any atom is -0.356 e. The first kappa shape index (κ1) is 23.2. The van der Waals surface area contributed by atoms with E-state index < -0.39 is 10.0 Å². The van der Waals surface area contributed by atoms with E-state index in [1.807, 2.05) is 18.2 Å². The van der Waals surface area contributed by atoms with Crippen LogP contribution in [0.4, 0.5) is 0 Å². The second kappa shape index (κ2) is 12.5. The van der Waals surface area contributed by atoms with Crippen LogP contribution < -0.4 is 15.4 Å². The van der Waals surface area contributed by atoms with Gasteiger partial charge in [-0.15, -0.1) is 24.0 Å². The van der Waals surface area contributed by atoms with E-state index in [1.54, 1.807) is 7.05 Å². The van der Waals surface area contributed by atoms with Gasteiger partial charge in [0.2, 0.25) is 10.0 Å². The van der Waals surface area contributed by atoms with Gasteiger partial charge in [0.1, 0.15) is 0 Å². The quantitative estimate of drug-likeness (QED) is 0.202. The third-order valence-electron chi connectivity index (χ3n) is 4.48. The molecule has 8 heteroatoms. The molecular weight excluding hydrogens is 463 g/mol. The molecule has 1 saturated carbocycles. The molecule has 1 aromatic carbocycles. The van der Waals surface area contributed by atoms with Gasteiger partial charge >= 0.3 is 0 Å². The second-order valence-electron chi connectivity index (χ2n) is 6.48. The topological polar surface area (TPSA) is 82.6 Å². The number of nitrogens with one attached hydrogen (secondary N) is 3. The highest BCUT2D eigenvalue weighted by Crippen LogP contribution is 2.25. The third kappa shape index (κ3) is 9.18. The van der Waals surface area contributed by atoms with E-state index in [2.05, 4.69) is 32.5 Å². The molecule has 3 N–H and O–H groups in total. The van der Waals surface area contributed by atoms with E-state index in [9.17, 15) is 8.42 Å². The first-order chi connectivity index (χ1) is 12.1. The molecule has 1 aromatic rings. The fourth-order valence-electron chi connectivity index (χ4n) is 2.68. The normalized spacial score (nSPS) is 15.0. The van der Waals surface area contributed by atoms with Crippen molar-refractivity contribution in [1.82, 2.24) is 15.4 Å². The summed E-state index contributed by atoms with van der Waals surface area (Å²) in [5, 5.41) is 6.28. The van der Waals surface area contributed by atoms with Gasteiger partial charge in [-0.25, -0.2) is 13.1 Å². The monoisotopic (exact) mass is 494 g/mol. The lowest BCUT2D eigenvalue weighted by Gasteiger charge is -2.25. The van der Waals surface area contributed by atoms with Gasteiger partial charge < -0.3 is 10.6 Å². The molecule has 0 aromatic heterocycles. The van der Waals surface area contributed by atoms with Crippen LogP contribution in [0.1, 0.15) is 31.2 Å². The Morgan fingerprint density at radius 2 is 1.85 bits per heavy atom. The van der Waals surface area contributed by atoms with Crippen LogP contribution >= 0.6 is 24.0 Å². The summed E-state index contributed by atoms with van der Waals surface area (Å²) in [5.74, 6) is 1.23. The van der Waals surface area contributed by atoms with Crippen LogP contribution in [0.5, 0.6) is 0 Å². The number of benzene rings is 1. The van der Waals surface area contributed by atoms with Crippen molar-refractivity contribution >= 4 is 40.0 Å². The average Bonchev–Trinajstić information content (AvgIpc) is 2.56. The van der Waals surface area contributed by atoms with Crippen LogP contribution in [0.15, 0.2) is 35.3 Å². The molecule has 0 unspecified atom stereocenters. The molecular formula is C18H31IN4O2S. The van der Waals surface area contributed by atoms with Crippen molar-refractivity contribution in [2.75, 3.05) is 32.4 Å². The van der Waals surface area contributed by atoms with E-state index in [0.29, 0.717) is 25.0 Å². The number of guanidine groups is 1. The third-order valence-corrected chi connectivity index (χ3v) is 5.83. The Bertz CT molecular complexity index is 634. The van der Waals surface area contributed by atoms with Gasteiger partial charge in [-0.2, -0.15) is 0 Å². The number of sulfonamides is 1. The molecule has 0 spiro atoms. The summed E-state index contributed by atoms with van der Waals surface area (Å²) in [4.78, 5) is 4.13. The number of hydrogen-bond donors (Lipinski definition) is 3. The maximum atomic E-state index is 12.0. The first-order valence-electron chi connectivity index (χ1n) is 9.05.